The molecule has 0 saturated carbocycles. The van der Waals surface area contributed by atoms with Crippen molar-refractivity contribution in [1.82, 2.24) is 15.1 Å². The summed E-state index contributed by atoms with van der Waals surface area (Å²) in [6.07, 6.45) is 0.925. The van der Waals surface area contributed by atoms with Crippen LogP contribution in [0.4, 0.5) is 0 Å². The Morgan fingerprint density at radius 1 is 0.967 bits per heavy atom. The Bertz CT molecular complexity index is 936. The van der Waals surface area contributed by atoms with Gasteiger partial charge in [-0.25, -0.2) is 8.42 Å². The lowest BCUT2D eigenvalue weighted by atomic mass is 10.0. The molecule has 0 radical (unpaired) electrons. The molecule has 30 heavy (non-hydrogen) atoms. The standard InChI is InChI=1S/C23H29N3O3S/c27-23(24-21-11-12-25(18-21)17-19-7-3-1-4-8-19)22(20-9-5-2-6-10-20)26-13-15-30(28,29)16-14-26/h1-10,21-22H,11-18H2,(H,24,27). The van der Waals surface area contributed by atoms with Gasteiger partial charge < -0.3 is 5.32 Å². The summed E-state index contributed by atoms with van der Waals surface area (Å²) in [5.74, 6) is 0.183. The average Bonchev–Trinajstić information content (AvgIpc) is 3.17. The monoisotopic (exact) mass is 427 g/mol. The van der Waals surface area contributed by atoms with Crippen LogP contribution in [0.15, 0.2) is 60.7 Å². The molecule has 7 heteroatoms. The number of hydrogen-bond donors (Lipinski definition) is 1. The van der Waals surface area contributed by atoms with Gasteiger partial charge in [0.2, 0.25) is 5.91 Å². The zero-order valence-electron chi connectivity index (χ0n) is 17.1. The summed E-state index contributed by atoms with van der Waals surface area (Å²) in [6, 6.07) is 19.7. The molecule has 2 saturated heterocycles. The van der Waals surface area contributed by atoms with Gasteiger partial charge in [-0.05, 0) is 17.5 Å². The van der Waals surface area contributed by atoms with E-state index in [0.717, 1.165) is 31.6 Å². The van der Waals surface area contributed by atoms with Crippen LogP contribution in [0.2, 0.25) is 0 Å². The number of amides is 1. The molecular weight excluding hydrogens is 398 g/mol. The summed E-state index contributed by atoms with van der Waals surface area (Å²) >= 11 is 0. The minimum atomic E-state index is -3.00. The summed E-state index contributed by atoms with van der Waals surface area (Å²) in [4.78, 5) is 17.7. The van der Waals surface area contributed by atoms with Gasteiger partial charge in [0.1, 0.15) is 6.04 Å². The topological polar surface area (TPSA) is 69.7 Å². The number of carbonyl (C=O) groups excluding carboxylic acids is 1. The van der Waals surface area contributed by atoms with Gasteiger partial charge >= 0.3 is 0 Å². The molecule has 2 aliphatic rings. The van der Waals surface area contributed by atoms with E-state index < -0.39 is 15.9 Å². The summed E-state index contributed by atoms with van der Waals surface area (Å²) in [5, 5.41) is 3.24. The highest BCUT2D eigenvalue weighted by Gasteiger charge is 2.34. The predicted octanol–water partition coefficient (Wildman–Crippen LogP) is 1.85. The number of hydrogen-bond acceptors (Lipinski definition) is 5. The third-order valence-electron chi connectivity index (χ3n) is 5.98. The smallest absolute Gasteiger partial charge is 0.242 e. The Kier molecular flexibility index (Phi) is 6.51. The van der Waals surface area contributed by atoms with Crippen molar-refractivity contribution in [1.29, 1.82) is 0 Å². The molecule has 0 aromatic heterocycles. The fourth-order valence-electron chi connectivity index (χ4n) is 4.36. The summed E-state index contributed by atoms with van der Waals surface area (Å²) in [6.45, 7) is 3.45. The first kappa shape index (κ1) is 21.0. The van der Waals surface area contributed by atoms with Crippen molar-refractivity contribution in [3.8, 4) is 0 Å². The highest BCUT2D eigenvalue weighted by molar-refractivity contribution is 7.91. The molecule has 2 atom stereocenters. The summed E-state index contributed by atoms with van der Waals surface area (Å²) < 4.78 is 23.7. The minimum absolute atomic E-state index is 0.0351. The molecule has 0 aliphatic carbocycles. The Hall–Kier alpha value is -2.22. The first-order valence-corrected chi connectivity index (χ1v) is 12.4. The highest BCUT2D eigenvalue weighted by Crippen LogP contribution is 2.24. The van der Waals surface area contributed by atoms with E-state index in [0.29, 0.717) is 13.1 Å². The van der Waals surface area contributed by atoms with Crippen LogP contribution >= 0.6 is 0 Å². The van der Waals surface area contributed by atoms with Crippen molar-refractivity contribution in [2.24, 2.45) is 0 Å². The van der Waals surface area contributed by atoms with Crippen molar-refractivity contribution in [3.63, 3.8) is 0 Å². The number of likely N-dealkylation sites (tertiary alicyclic amines) is 1. The Balaban J connectivity index is 1.41. The van der Waals surface area contributed by atoms with Crippen LogP contribution in [0.1, 0.15) is 23.6 Å². The van der Waals surface area contributed by atoms with Crippen molar-refractivity contribution >= 4 is 15.7 Å². The van der Waals surface area contributed by atoms with Gasteiger partial charge in [-0.15, -0.1) is 0 Å². The van der Waals surface area contributed by atoms with E-state index in [2.05, 4.69) is 22.3 Å². The van der Waals surface area contributed by atoms with Crippen LogP contribution in [-0.2, 0) is 21.2 Å². The molecule has 1 N–H and O–H groups in total. The number of sulfone groups is 1. The lowest BCUT2D eigenvalue weighted by molar-refractivity contribution is -0.127. The maximum Gasteiger partial charge on any atom is 0.242 e. The molecule has 1 amide bonds. The average molecular weight is 428 g/mol. The molecule has 160 valence electrons. The van der Waals surface area contributed by atoms with E-state index in [4.69, 9.17) is 0 Å². The summed E-state index contributed by atoms with van der Waals surface area (Å²) in [7, 11) is -3.00. The van der Waals surface area contributed by atoms with E-state index in [9.17, 15) is 13.2 Å². The quantitative estimate of drug-likeness (QED) is 0.762. The molecule has 2 aromatic carbocycles. The van der Waals surface area contributed by atoms with E-state index in [1.807, 2.05) is 53.4 Å². The van der Waals surface area contributed by atoms with E-state index in [1.165, 1.54) is 5.56 Å². The Morgan fingerprint density at radius 3 is 2.27 bits per heavy atom. The predicted molar refractivity (Wildman–Crippen MR) is 118 cm³/mol. The van der Waals surface area contributed by atoms with Crippen LogP contribution < -0.4 is 5.32 Å². The second-order valence-electron chi connectivity index (χ2n) is 8.22. The van der Waals surface area contributed by atoms with Gasteiger partial charge in [-0.3, -0.25) is 14.6 Å². The first-order valence-electron chi connectivity index (χ1n) is 10.6. The summed E-state index contributed by atoms with van der Waals surface area (Å²) in [5.41, 5.74) is 2.19. The van der Waals surface area contributed by atoms with Crippen LogP contribution in [0, 0.1) is 0 Å². The van der Waals surface area contributed by atoms with Crippen LogP contribution in [0.25, 0.3) is 0 Å². The third-order valence-corrected chi connectivity index (χ3v) is 7.58. The third kappa shape index (κ3) is 5.28. The first-order chi connectivity index (χ1) is 14.5. The molecule has 4 rings (SSSR count). The minimum Gasteiger partial charge on any atom is -0.350 e. The lowest BCUT2D eigenvalue weighted by Gasteiger charge is -2.34. The molecule has 2 fully saturated rings. The molecule has 2 heterocycles. The molecule has 0 spiro atoms. The fraction of sp³-hybridized carbons (Fsp3) is 0.435. The zero-order chi connectivity index (χ0) is 21.0. The van der Waals surface area contributed by atoms with Crippen LogP contribution in [0.3, 0.4) is 0 Å². The van der Waals surface area contributed by atoms with Gasteiger partial charge in [-0.1, -0.05) is 60.7 Å². The second-order valence-corrected chi connectivity index (χ2v) is 10.5. The van der Waals surface area contributed by atoms with Gasteiger partial charge in [0.15, 0.2) is 9.84 Å². The van der Waals surface area contributed by atoms with Crippen molar-refractivity contribution in [2.45, 2.75) is 25.0 Å². The van der Waals surface area contributed by atoms with E-state index in [-0.39, 0.29) is 23.5 Å². The molecular formula is C23H29N3O3S. The zero-order valence-corrected chi connectivity index (χ0v) is 17.9. The molecule has 2 aliphatic heterocycles. The number of benzene rings is 2. The maximum atomic E-state index is 13.3. The van der Waals surface area contributed by atoms with Crippen LogP contribution in [-0.4, -0.2) is 67.9 Å². The van der Waals surface area contributed by atoms with E-state index >= 15 is 0 Å². The van der Waals surface area contributed by atoms with Crippen molar-refractivity contribution < 1.29 is 13.2 Å². The number of carbonyl (C=O) groups is 1. The van der Waals surface area contributed by atoms with Crippen molar-refractivity contribution in [3.05, 3.63) is 71.8 Å². The van der Waals surface area contributed by atoms with Gasteiger partial charge in [-0.2, -0.15) is 0 Å². The number of nitrogens with zero attached hydrogens (tertiary/aromatic N) is 2. The Morgan fingerprint density at radius 2 is 1.60 bits per heavy atom. The maximum absolute atomic E-state index is 13.3. The van der Waals surface area contributed by atoms with Gasteiger partial charge in [0.25, 0.3) is 0 Å². The fourth-order valence-corrected chi connectivity index (χ4v) is 5.59. The van der Waals surface area contributed by atoms with E-state index in [1.54, 1.807) is 0 Å². The van der Waals surface area contributed by atoms with Gasteiger partial charge in [0, 0.05) is 38.8 Å². The molecule has 2 unspecified atom stereocenters. The normalized spacial score (nSPS) is 23.1. The lowest BCUT2D eigenvalue weighted by Crippen LogP contribution is -2.49. The number of nitrogens with one attached hydrogen (secondary N) is 1. The molecule has 2 aromatic rings. The van der Waals surface area contributed by atoms with Crippen LogP contribution in [0.5, 0.6) is 0 Å². The second kappa shape index (κ2) is 9.29. The van der Waals surface area contributed by atoms with Crippen molar-refractivity contribution in [2.75, 3.05) is 37.7 Å². The van der Waals surface area contributed by atoms with Gasteiger partial charge in [0.05, 0.1) is 11.5 Å². The SMILES string of the molecule is O=C(NC1CCN(Cc2ccccc2)C1)C(c1ccccc1)N1CCS(=O)(=O)CC1. The highest BCUT2D eigenvalue weighted by atomic mass is 32.2. The number of rotatable bonds is 6. The largest absolute Gasteiger partial charge is 0.350 e. The Labute approximate surface area is 178 Å². The molecule has 6 nitrogen and oxygen atoms in total. The molecule has 0 bridgehead atoms.